The van der Waals surface area contributed by atoms with Crippen LogP contribution in [0.3, 0.4) is 0 Å². The van der Waals surface area contributed by atoms with Gasteiger partial charge in [0.1, 0.15) is 11.4 Å². The van der Waals surface area contributed by atoms with Gasteiger partial charge < -0.3 is 25.4 Å². The van der Waals surface area contributed by atoms with Gasteiger partial charge in [-0.15, -0.1) is 0 Å². The van der Waals surface area contributed by atoms with E-state index in [0.717, 1.165) is 38.0 Å². The summed E-state index contributed by atoms with van der Waals surface area (Å²) >= 11 is 0. The molecule has 0 unspecified atom stereocenters. The number of benzene rings is 2. The van der Waals surface area contributed by atoms with Crippen molar-refractivity contribution < 1.29 is 13.9 Å². The predicted octanol–water partition coefficient (Wildman–Crippen LogP) is 4.97. The number of hydrogen-bond acceptors (Lipinski definition) is 8. The van der Waals surface area contributed by atoms with E-state index in [2.05, 4.69) is 29.0 Å². The average molecular weight is 563 g/mol. The monoisotopic (exact) mass is 562 g/mol. The molecular weight excluding hydrogens is 523 g/mol. The number of halogens is 1. The predicted molar refractivity (Wildman–Crippen MR) is 162 cm³/mol. The smallest absolute Gasteiger partial charge is 0.260 e. The third kappa shape index (κ3) is 7.13. The maximum Gasteiger partial charge on any atom is 0.260 e. The summed E-state index contributed by atoms with van der Waals surface area (Å²) < 4.78 is 27.6. The summed E-state index contributed by atoms with van der Waals surface area (Å²) in [5, 5.41) is 3.91. The van der Waals surface area contributed by atoms with Gasteiger partial charge in [0.25, 0.3) is 5.56 Å². The Morgan fingerprint density at radius 2 is 1.85 bits per heavy atom. The van der Waals surface area contributed by atoms with E-state index in [-0.39, 0.29) is 22.4 Å². The van der Waals surface area contributed by atoms with Crippen LogP contribution in [-0.2, 0) is 13.0 Å². The Bertz CT molecular complexity index is 1540. The highest BCUT2D eigenvalue weighted by Gasteiger charge is 2.20. The largest absolute Gasteiger partial charge is 0.497 e. The first-order valence-corrected chi connectivity index (χ1v) is 14.0. The fourth-order valence-electron chi connectivity index (χ4n) is 4.87. The van der Waals surface area contributed by atoms with Crippen LogP contribution in [0.15, 0.2) is 53.5 Å². The summed E-state index contributed by atoms with van der Waals surface area (Å²) in [6.45, 7) is 8.50. The lowest BCUT2D eigenvalue weighted by Crippen LogP contribution is -2.25. The van der Waals surface area contributed by atoms with Crippen LogP contribution in [0.1, 0.15) is 32.3 Å². The van der Waals surface area contributed by atoms with Crippen LogP contribution in [0.4, 0.5) is 16.0 Å². The summed E-state index contributed by atoms with van der Waals surface area (Å²) in [6.07, 6.45) is 4.23. The van der Waals surface area contributed by atoms with Crippen molar-refractivity contribution in [1.82, 2.24) is 19.4 Å². The molecule has 0 fully saturated rings. The second-order valence-electron chi connectivity index (χ2n) is 9.83. The quantitative estimate of drug-likeness (QED) is 0.164. The molecule has 9 nitrogen and oxygen atoms in total. The van der Waals surface area contributed by atoms with Crippen molar-refractivity contribution in [3.63, 3.8) is 0 Å². The standard InChI is InChI=1S/C31H39FN6O3/c1-5-37(6-2)14-8-7-13-34-31-35-20-22-17-26(25-18-24(40-3)19-27(41-4)28(25)32)30(39)38(29(22)36-31)15-12-21-10-9-11-23(33)16-21/h9-11,16-20H,5-8,12-15,33H2,1-4H3,(H,34,35,36). The van der Waals surface area contributed by atoms with E-state index < -0.39 is 5.82 Å². The number of hydrogen-bond donors (Lipinski definition) is 2. The molecule has 218 valence electrons. The number of unbranched alkanes of at least 4 members (excludes halogenated alkanes) is 1. The summed E-state index contributed by atoms with van der Waals surface area (Å²) in [5.41, 5.74) is 7.95. The van der Waals surface area contributed by atoms with Crippen LogP contribution in [0.2, 0.25) is 0 Å². The topological polar surface area (TPSA) is 108 Å². The molecule has 2 heterocycles. The molecule has 0 spiro atoms. The second kappa shape index (κ2) is 13.9. The van der Waals surface area contributed by atoms with Crippen molar-refractivity contribution in [1.29, 1.82) is 0 Å². The number of fused-ring (bicyclic) bond motifs is 1. The highest BCUT2D eigenvalue weighted by atomic mass is 19.1. The van der Waals surface area contributed by atoms with Crippen LogP contribution >= 0.6 is 0 Å². The van der Waals surface area contributed by atoms with Gasteiger partial charge in [-0.05, 0) is 68.7 Å². The van der Waals surface area contributed by atoms with Crippen LogP contribution in [0, 0.1) is 5.82 Å². The van der Waals surface area contributed by atoms with Crippen LogP contribution in [0.5, 0.6) is 11.5 Å². The van der Waals surface area contributed by atoms with E-state index in [1.54, 1.807) is 16.8 Å². The van der Waals surface area contributed by atoms with Gasteiger partial charge in [-0.2, -0.15) is 4.98 Å². The molecular formula is C31H39FN6O3. The maximum atomic E-state index is 15.5. The van der Waals surface area contributed by atoms with E-state index in [9.17, 15) is 4.79 Å². The maximum absolute atomic E-state index is 15.5. The van der Waals surface area contributed by atoms with E-state index in [1.807, 2.05) is 24.3 Å². The highest BCUT2D eigenvalue weighted by molar-refractivity contribution is 5.82. The van der Waals surface area contributed by atoms with E-state index in [4.69, 9.17) is 20.2 Å². The third-order valence-corrected chi connectivity index (χ3v) is 7.24. The zero-order valence-corrected chi connectivity index (χ0v) is 24.2. The van der Waals surface area contributed by atoms with Gasteiger partial charge in [-0.3, -0.25) is 9.36 Å². The summed E-state index contributed by atoms with van der Waals surface area (Å²) in [4.78, 5) is 25.6. The lowest BCUT2D eigenvalue weighted by molar-refractivity contribution is 0.298. The molecule has 4 aromatic rings. The summed E-state index contributed by atoms with van der Waals surface area (Å²) in [5.74, 6) is 0.165. The Morgan fingerprint density at radius 1 is 1.05 bits per heavy atom. The molecule has 0 atom stereocenters. The van der Waals surface area contributed by atoms with Crippen LogP contribution < -0.4 is 26.1 Å². The number of ether oxygens (including phenoxy) is 2. The fourth-order valence-corrected chi connectivity index (χ4v) is 4.87. The van der Waals surface area contributed by atoms with Gasteiger partial charge in [-0.25, -0.2) is 9.37 Å². The Hall–Kier alpha value is -4.18. The SMILES string of the molecule is CCN(CC)CCCCNc1ncc2cc(-c3cc(OC)cc(OC)c3F)c(=O)n(CCc3cccc(N)c3)c2n1. The molecule has 0 saturated carbocycles. The lowest BCUT2D eigenvalue weighted by Gasteiger charge is -2.17. The molecule has 2 aromatic carbocycles. The number of aryl methyl sites for hydroxylation is 2. The van der Waals surface area contributed by atoms with Crippen molar-refractivity contribution in [3.05, 3.63) is 70.4 Å². The van der Waals surface area contributed by atoms with Crippen molar-refractivity contribution >= 4 is 22.7 Å². The van der Waals surface area contributed by atoms with Crippen LogP contribution in [0.25, 0.3) is 22.2 Å². The van der Waals surface area contributed by atoms with E-state index in [1.165, 1.54) is 26.4 Å². The molecule has 0 aliphatic rings. The van der Waals surface area contributed by atoms with Gasteiger partial charge in [0, 0.05) is 42.0 Å². The minimum Gasteiger partial charge on any atom is -0.497 e. The number of nitrogens with one attached hydrogen (secondary N) is 1. The first kappa shape index (κ1) is 29.8. The average Bonchev–Trinajstić information content (AvgIpc) is 2.98. The number of methoxy groups -OCH3 is 2. The second-order valence-corrected chi connectivity index (χ2v) is 9.83. The minimum atomic E-state index is -0.643. The number of pyridine rings is 1. The van der Waals surface area contributed by atoms with Crippen molar-refractivity contribution in [2.75, 3.05) is 51.4 Å². The Labute approximate surface area is 240 Å². The molecule has 0 aliphatic heterocycles. The number of nitrogens with zero attached hydrogens (tertiary/aromatic N) is 4. The van der Waals surface area contributed by atoms with Gasteiger partial charge in [-0.1, -0.05) is 26.0 Å². The third-order valence-electron chi connectivity index (χ3n) is 7.24. The number of anilines is 2. The fraction of sp³-hybridized carbons (Fsp3) is 0.387. The Balaban J connectivity index is 1.71. The lowest BCUT2D eigenvalue weighted by atomic mass is 10.0. The van der Waals surface area contributed by atoms with Gasteiger partial charge >= 0.3 is 0 Å². The molecule has 4 rings (SSSR count). The zero-order chi connectivity index (χ0) is 29.4. The molecule has 0 saturated heterocycles. The number of nitrogen functional groups attached to an aromatic ring is 1. The van der Waals surface area contributed by atoms with Gasteiger partial charge in [0.05, 0.1) is 19.8 Å². The number of nitrogens with two attached hydrogens (primary N) is 1. The summed E-state index contributed by atoms with van der Waals surface area (Å²) in [6, 6.07) is 12.1. The molecule has 41 heavy (non-hydrogen) atoms. The van der Waals surface area contributed by atoms with E-state index in [0.29, 0.717) is 47.9 Å². The zero-order valence-electron chi connectivity index (χ0n) is 24.2. The van der Waals surface area contributed by atoms with Crippen LogP contribution in [-0.4, -0.2) is 59.8 Å². The molecule has 0 radical (unpaired) electrons. The number of aromatic nitrogens is 3. The van der Waals surface area contributed by atoms with Gasteiger partial charge in [0.2, 0.25) is 5.95 Å². The molecule has 0 amide bonds. The molecule has 10 heteroatoms. The van der Waals surface area contributed by atoms with Crippen molar-refractivity contribution in [2.24, 2.45) is 0 Å². The van der Waals surface area contributed by atoms with Crippen molar-refractivity contribution in [3.8, 4) is 22.6 Å². The Kier molecular flexibility index (Phi) is 10.1. The normalized spacial score (nSPS) is 11.3. The molecule has 0 bridgehead atoms. The highest BCUT2D eigenvalue weighted by Crippen LogP contribution is 2.33. The minimum absolute atomic E-state index is 0.0121. The molecule has 2 aromatic heterocycles. The Morgan fingerprint density at radius 3 is 2.56 bits per heavy atom. The molecule has 3 N–H and O–H groups in total. The number of rotatable bonds is 14. The first-order chi connectivity index (χ1) is 19.9. The summed E-state index contributed by atoms with van der Waals surface area (Å²) in [7, 11) is 2.85. The van der Waals surface area contributed by atoms with Crippen molar-refractivity contribution in [2.45, 2.75) is 39.7 Å². The first-order valence-electron chi connectivity index (χ1n) is 14.0. The van der Waals surface area contributed by atoms with E-state index >= 15 is 4.39 Å². The van der Waals surface area contributed by atoms with Gasteiger partial charge in [0.15, 0.2) is 11.6 Å². The molecule has 0 aliphatic carbocycles.